The predicted molar refractivity (Wildman–Crippen MR) is 83.0 cm³/mol. The molecule has 1 heterocycles. The van der Waals surface area contributed by atoms with E-state index in [4.69, 9.17) is 4.52 Å². The Bertz CT molecular complexity index is 606. The highest BCUT2D eigenvalue weighted by molar-refractivity contribution is 5.44. The quantitative estimate of drug-likeness (QED) is 0.917. The molecule has 0 bridgehead atoms. The molecule has 2 rings (SSSR count). The molecule has 21 heavy (non-hydrogen) atoms. The van der Waals surface area contributed by atoms with E-state index in [1.54, 1.807) is 6.26 Å². The van der Waals surface area contributed by atoms with Gasteiger partial charge in [0.05, 0.1) is 12.6 Å². The first kappa shape index (κ1) is 15.7. The molecule has 0 aliphatic heterocycles. The fourth-order valence-corrected chi connectivity index (χ4v) is 2.81. The number of aromatic nitrogens is 1. The van der Waals surface area contributed by atoms with Gasteiger partial charge in [-0.2, -0.15) is 0 Å². The summed E-state index contributed by atoms with van der Waals surface area (Å²) in [5.74, 6) is 0. The van der Waals surface area contributed by atoms with Crippen LogP contribution in [0.25, 0.3) is 0 Å². The van der Waals surface area contributed by atoms with Gasteiger partial charge in [0.2, 0.25) is 0 Å². The summed E-state index contributed by atoms with van der Waals surface area (Å²) in [4.78, 5) is 2.24. The number of aliphatic hydroxyl groups is 1. The van der Waals surface area contributed by atoms with Gasteiger partial charge < -0.3 is 9.63 Å². The SMILES string of the molecule is Cc1cc(C)c(CN(C)[C@H](C)c2ccon2)c(C)c1CO. The van der Waals surface area contributed by atoms with E-state index in [-0.39, 0.29) is 12.6 Å². The molecule has 0 spiro atoms. The van der Waals surface area contributed by atoms with Crippen LogP contribution >= 0.6 is 0 Å². The minimum atomic E-state index is 0.0908. The molecule has 1 aromatic heterocycles. The second-order valence-corrected chi connectivity index (χ2v) is 5.77. The molecule has 4 nitrogen and oxygen atoms in total. The molecule has 0 radical (unpaired) electrons. The summed E-state index contributed by atoms with van der Waals surface area (Å²) < 4.78 is 4.93. The third-order valence-electron chi connectivity index (χ3n) is 4.40. The van der Waals surface area contributed by atoms with Gasteiger partial charge in [0, 0.05) is 12.6 Å². The van der Waals surface area contributed by atoms with Gasteiger partial charge in [-0.05, 0) is 62.6 Å². The Hall–Kier alpha value is -1.65. The monoisotopic (exact) mass is 288 g/mol. The first-order chi connectivity index (χ1) is 9.95. The number of aliphatic hydroxyl groups excluding tert-OH is 1. The van der Waals surface area contributed by atoms with Crippen LogP contribution in [-0.4, -0.2) is 22.2 Å². The number of hydrogen-bond acceptors (Lipinski definition) is 4. The molecule has 0 saturated heterocycles. The minimum absolute atomic E-state index is 0.0908. The first-order valence-corrected chi connectivity index (χ1v) is 7.25. The molecule has 2 aromatic rings. The van der Waals surface area contributed by atoms with Crippen molar-refractivity contribution in [3.8, 4) is 0 Å². The van der Waals surface area contributed by atoms with Gasteiger partial charge in [-0.25, -0.2) is 0 Å². The molecule has 114 valence electrons. The van der Waals surface area contributed by atoms with E-state index in [2.05, 4.69) is 50.9 Å². The number of benzene rings is 1. The van der Waals surface area contributed by atoms with Crippen LogP contribution in [0, 0.1) is 20.8 Å². The van der Waals surface area contributed by atoms with E-state index in [9.17, 15) is 5.11 Å². The van der Waals surface area contributed by atoms with E-state index in [0.29, 0.717) is 0 Å². The van der Waals surface area contributed by atoms with Crippen LogP contribution in [0.3, 0.4) is 0 Å². The average Bonchev–Trinajstić information content (AvgIpc) is 2.96. The fourth-order valence-electron chi connectivity index (χ4n) is 2.81. The summed E-state index contributed by atoms with van der Waals surface area (Å²) in [5, 5.41) is 13.6. The predicted octanol–water partition coefficient (Wildman–Crippen LogP) is 3.29. The highest BCUT2D eigenvalue weighted by Gasteiger charge is 2.18. The Balaban J connectivity index is 2.27. The summed E-state index contributed by atoms with van der Waals surface area (Å²) in [5.41, 5.74) is 6.86. The van der Waals surface area contributed by atoms with Crippen LogP contribution in [0.1, 0.15) is 46.5 Å². The maximum absolute atomic E-state index is 9.57. The van der Waals surface area contributed by atoms with Crippen LogP contribution in [-0.2, 0) is 13.2 Å². The second kappa shape index (κ2) is 6.41. The number of rotatable bonds is 5. The normalized spacial score (nSPS) is 12.9. The van der Waals surface area contributed by atoms with Crippen molar-refractivity contribution in [2.24, 2.45) is 0 Å². The summed E-state index contributed by atoms with van der Waals surface area (Å²) in [6, 6.07) is 4.24. The standard InChI is InChI=1S/C17H24N2O2/c1-11-8-12(2)16(10-20)13(3)15(11)9-19(5)14(4)17-6-7-21-18-17/h6-8,14,20H,9-10H2,1-5H3/t14-/m1/s1. The van der Waals surface area contributed by atoms with Crippen molar-refractivity contribution in [1.29, 1.82) is 0 Å². The summed E-state index contributed by atoms with van der Waals surface area (Å²) in [6.07, 6.45) is 1.60. The third-order valence-corrected chi connectivity index (χ3v) is 4.40. The molecular formula is C17H24N2O2. The highest BCUT2D eigenvalue weighted by atomic mass is 16.5. The van der Waals surface area contributed by atoms with Crippen molar-refractivity contribution >= 4 is 0 Å². The topological polar surface area (TPSA) is 49.5 Å². The summed E-state index contributed by atoms with van der Waals surface area (Å²) >= 11 is 0. The largest absolute Gasteiger partial charge is 0.392 e. The molecule has 4 heteroatoms. The molecule has 0 unspecified atom stereocenters. The number of hydrogen-bond donors (Lipinski definition) is 1. The maximum Gasteiger partial charge on any atom is 0.124 e. The Morgan fingerprint density at radius 3 is 2.48 bits per heavy atom. The minimum Gasteiger partial charge on any atom is -0.392 e. The van der Waals surface area contributed by atoms with Gasteiger partial charge >= 0.3 is 0 Å². The van der Waals surface area contributed by atoms with Gasteiger partial charge in [-0.1, -0.05) is 11.2 Å². The zero-order valence-electron chi connectivity index (χ0n) is 13.5. The van der Waals surface area contributed by atoms with Crippen molar-refractivity contribution in [3.05, 3.63) is 51.9 Å². The number of aryl methyl sites for hydroxylation is 2. The van der Waals surface area contributed by atoms with Gasteiger partial charge in [0.15, 0.2) is 0 Å². The number of nitrogens with zero attached hydrogens (tertiary/aromatic N) is 2. The molecule has 0 aliphatic rings. The first-order valence-electron chi connectivity index (χ1n) is 7.25. The lowest BCUT2D eigenvalue weighted by atomic mass is 9.93. The summed E-state index contributed by atoms with van der Waals surface area (Å²) in [6.45, 7) is 9.30. The van der Waals surface area contributed by atoms with Gasteiger partial charge in [0.25, 0.3) is 0 Å². The third kappa shape index (κ3) is 3.17. The zero-order valence-corrected chi connectivity index (χ0v) is 13.5. The maximum atomic E-state index is 9.57. The van der Waals surface area contributed by atoms with E-state index in [1.807, 2.05) is 6.07 Å². The lowest BCUT2D eigenvalue weighted by Gasteiger charge is -2.26. The van der Waals surface area contributed by atoms with Crippen LogP contribution in [0.2, 0.25) is 0 Å². The van der Waals surface area contributed by atoms with Crippen molar-refractivity contribution in [2.45, 2.75) is 46.9 Å². The Morgan fingerprint density at radius 2 is 1.90 bits per heavy atom. The lowest BCUT2D eigenvalue weighted by Crippen LogP contribution is -2.23. The van der Waals surface area contributed by atoms with E-state index < -0.39 is 0 Å². The molecule has 1 N–H and O–H groups in total. The smallest absolute Gasteiger partial charge is 0.124 e. The van der Waals surface area contributed by atoms with E-state index in [0.717, 1.165) is 23.4 Å². The van der Waals surface area contributed by atoms with Crippen LogP contribution in [0.15, 0.2) is 22.9 Å². The molecule has 0 fully saturated rings. The molecule has 1 atom stereocenters. The van der Waals surface area contributed by atoms with Crippen molar-refractivity contribution in [2.75, 3.05) is 7.05 Å². The van der Waals surface area contributed by atoms with E-state index >= 15 is 0 Å². The summed E-state index contributed by atoms with van der Waals surface area (Å²) in [7, 11) is 2.08. The van der Waals surface area contributed by atoms with Gasteiger partial charge in [-0.3, -0.25) is 4.90 Å². The molecule has 0 aliphatic carbocycles. The van der Waals surface area contributed by atoms with Crippen molar-refractivity contribution < 1.29 is 9.63 Å². The Labute approximate surface area is 126 Å². The lowest BCUT2D eigenvalue weighted by molar-refractivity contribution is 0.239. The van der Waals surface area contributed by atoms with Crippen LogP contribution in [0.5, 0.6) is 0 Å². The van der Waals surface area contributed by atoms with Gasteiger partial charge in [0.1, 0.15) is 12.0 Å². The fraction of sp³-hybridized carbons (Fsp3) is 0.471. The molecule has 1 aromatic carbocycles. The highest BCUT2D eigenvalue weighted by Crippen LogP contribution is 2.26. The van der Waals surface area contributed by atoms with Gasteiger partial charge in [-0.15, -0.1) is 0 Å². The van der Waals surface area contributed by atoms with Crippen molar-refractivity contribution in [1.82, 2.24) is 10.1 Å². The second-order valence-electron chi connectivity index (χ2n) is 5.77. The molecule has 0 saturated carbocycles. The van der Waals surface area contributed by atoms with Crippen LogP contribution in [0.4, 0.5) is 0 Å². The average molecular weight is 288 g/mol. The van der Waals surface area contributed by atoms with Crippen LogP contribution < -0.4 is 0 Å². The Kier molecular flexibility index (Phi) is 4.80. The van der Waals surface area contributed by atoms with E-state index in [1.165, 1.54) is 16.7 Å². The molecular weight excluding hydrogens is 264 g/mol. The zero-order chi connectivity index (χ0) is 15.6. The van der Waals surface area contributed by atoms with Crippen molar-refractivity contribution in [3.63, 3.8) is 0 Å². The Morgan fingerprint density at radius 1 is 1.24 bits per heavy atom. The molecule has 0 amide bonds.